The van der Waals surface area contributed by atoms with Gasteiger partial charge in [-0.2, -0.15) is 4.31 Å². The Morgan fingerprint density at radius 1 is 1.03 bits per heavy atom. The molecule has 1 aliphatic carbocycles. The molecule has 1 spiro atoms. The number of piperidine rings is 1. The number of hydrogen-bond donors (Lipinski definition) is 2. The second-order valence-corrected chi connectivity index (χ2v) is 12.7. The Bertz CT molecular complexity index is 1110. The topological polar surface area (TPSA) is 97.3 Å². The third-order valence-electron chi connectivity index (χ3n) is 8.32. The van der Waals surface area contributed by atoms with Crippen LogP contribution >= 0.6 is 0 Å². The van der Waals surface area contributed by atoms with Gasteiger partial charge in [-0.1, -0.05) is 43.5 Å². The van der Waals surface area contributed by atoms with E-state index in [2.05, 4.69) is 27.7 Å². The minimum atomic E-state index is -3.57. The summed E-state index contributed by atoms with van der Waals surface area (Å²) in [5, 5.41) is 6.57. The number of aliphatic imine (C=N–C) groups is 1. The predicted molar refractivity (Wildman–Crippen MR) is 146 cm³/mol. The molecular weight excluding hydrogens is 488 g/mol. The largest absolute Gasteiger partial charge is 0.312 e. The summed E-state index contributed by atoms with van der Waals surface area (Å²) in [6.45, 7) is 5.49. The molecule has 1 aromatic rings. The Labute approximate surface area is 221 Å². The summed E-state index contributed by atoms with van der Waals surface area (Å²) < 4.78 is 27.5. The highest BCUT2D eigenvalue weighted by molar-refractivity contribution is 7.92. The number of sulfonamides is 1. The van der Waals surface area contributed by atoms with E-state index in [0.29, 0.717) is 31.8 Å². The molecule has 2 N–H and O–H groups in total. The molecule has 4 aliphatic rings. The number of rotatable bonds is 7. The molecule has 0 aromatic heterocycles. The summed E-state index contributed by atoms with van der Waals surface area (Å²) >= 11 is 0. The Balaban J connectivity index is 1.13. The summed E-state index contributed by atoms with van der Waals surface area (Å²) in [7, 11) is -1.43. The minimum absolute atomic E-state index is 0.0529. The first kappa shape index (κ1) is 26.5. The van der Waals surface area contributed by atoms with Gasteiger partial charge >= 0.3 is 0 Å². The Morgan fingerprint density at radius 3 is 2.38 bits per heavy atom. The lowest BCUT2D eigenvalue weighted by molar-refractivity contribution is -0.124. The standard InChI is InChI=1S/C27H40N6O3S/c1-31-16-18-32(19-17-31)28-21-23-9-7-22(8-10-23)11-20-37(35,36)33-14-12-27(13-15-33)26(34)29-25(30-27)24-5-3-2-4-6-24/h7-11,20,24,28H,2-6,12-19,21H2,1H3,(H,29,30,34)/b20-11+. The molecule has 9 nitrogen and oxygen atoms in total. The third kappa shape index (κ3) is 6.31. The van der Waals surface area contributed by atoms with Crippen molar-refractivity contribution in [1.29, 1.82) is 0 Å². The summed E-state index contributed by atoms with van der Waals surface area (Å²) in [4.78, 5) is 20.0. The van der Waals surface area contributed by atoms with E-state index >= 15 is 0 Å². The van der Waals surface area contributed by atoms with E-state index < -0.39 is 15.6 Å². The van der Waals surface area contributed by atoms with Crippen LogP contribution in [0.3, 0.4) is 0 Å². The number of nitrogens with zero attached hydrogens (tertiary/aromatic N) is 4. The van der Waals surface area contributed by atoms with Crippen molar-refractivity contribution in [3.63, 3.8) is 0 Å². The molecule has 1 saturated carbocycles. The van der Waals surface area contributed by atoms with E-state index in [-0.39, 0.29) is 5.91 Å². The Hall–Kier alpha value is -2.11. The number of hydrogen-bond acceptors (Lipinski definition) is 7. The second kappa shape index (κ2) is 11.3. The molecule has 0 radical (unpaired) electrons. The fourth-order valence-corrected chi connectivity index (χ4v) is 6.92. The maximum absolute atomic E-state index is 13.0. The van der Waals surface area contributed by atoms with Crippen molar-refractivity contribution in [3.8, 4) is 0 Å². The molecular formula is C27H40N6O3S. The van der Waals surface area contributed by atoms with Crippen LogP contribution in [0.4, 0.5) is 0 Å². The van der Waals surface area contributed by atoms with E-state index in [1.54, 1.807) is 6.08 Å². The number of piperazine rings is 1. The van der Waals surface area contributed by atoms with Gasteiger partial charge in [0.05, 0.1) is 0 Å². The minimum Gasteiger partial charge on any atom is -0.312 e. The maximum Gasteiger partial charge on any atom is 0.253 e. The van der Waals surface area contributed by atoms with Gasteiger partial charge in [0, 0.05) is 57.1 Å². The molecule has 37 heavy (non-hydrogen) atoms. The van der Waals surface area contributed by atoms with E-state index in [1.807, 2.05) is 24.3 Å². The normalized spacial score (nSPS) is 24.6. The lowest BCUT2D eigenvalue weighted by atomic mass is 9.88. The van der Waals surface area contributed by atoms with Crippen LogP contribution in [0.25, 0.3) is 6.08 Å². The fourth-order valence-electron chi connectivity index (χ4n) is 5.73. The monoisotopic (exact) mass is 528 g/mol. The molecule has 3 fully saturated rings. The van der Waals surface area contributed by atoms with Gasteiger partial charge in [0.25, 0.3) is 5.91 Å². The lowest BCUT2D eigenvalue weighted by Gasteiger charge is -2.34. The van der Waals surface area contributed by atoms with Crippen LogP contribution in [0.15, 0.2) is 34.7 Å². The SMILES string of the molecule is CN1CCN(NCc2ccc(/C=C/S(=O)(=O)N3CCC4(CC3)N=C(C3CCCCC3)NC4=O)cc2)CC1. The van der Waals surface area contributed by atoms with Crippen LogP contribution in [0.5, 0.6) is 0 Å². The van der Waals surface area contributed by atoms with Crippen LogP contribution in [0.2, 0.25) is 0 Å². The van der Waals surface area contributed by atoms with Crippen LogP contribution in [0, 0.1) is 5.92 Å². The third-order valence-corrected chi connectivity index (χ3v) is 9.89. The van der Waals surface area contributed by atoms with E-state index in [0.717, 1.165) is 62.5 Å². The quantitative estimate of drug-likeness (QED) is 0.563. The number of benzene rings is 1. The van der Waals surface area contributed by atoms with E-state index in [9.17, 15) is 13.2 Å². The fraction of sp³-hybridized carbons (Fsp3) is 0.630. The molecule has 10 heteroatoms. The van der Waals surface area contributed by atoms with Crippen molar-refractivity contribution in [2.24, 2.45) is 10.9 Å². The second-order valence-electron chi connectivity index (χ2n) is 10.9. The van der Waals surface area contributed by atoms with Crippen molar-refractivity contribution < 1.29 is 13.2 Å². The number of carbonyl (C=O) groups excluding carboxylic acids is 1. The van der Waals surface area contributed by atoms with Crippen LogP contribution in [-0.4, -0.2) is 86.2 Å². The van der Waals surface area contributed by atoms with Gasteiger partial charge < -0.3 is 10.2 Å². The molecule has 5 rings (SSSR count). The van der Waals surface area contributed by atoms with Crippen molar-refractivity contribution in [2.75, 3.05) is 46.3 Å². The number of nitrogens with one attached hydrogen (secondary N) is 2. The summed E-state index contributed by atoms with van der Waals surface area (Å²) in [5.41, 5.74) is 4.68. The molecule has 0 atom stereocenters. The maximum atomic E-state index is 13.0. The molecule has 0 unspecified atom stereocenters. The highest BCUT2D eigenvalue weighted by atomic mass is 32.2. The first-order valence-electron chi connectivity index (χ1n) is 13.7. The van der Waals surface area contributed by atoms with Gasteiger partial charge in [-0.05, 0) is 49.9 Å². The van der Waals surface area contributed by atoms with Gasteiger partial charge in [0.15, 0.2) is 0 Å². The average Bonchev–Trinajstić information content (AvgIpc) is 3.23. The lowest BCUT2D eigenvalue weighted by Crippen LogP contribution is -2.50. The molecule has 3 heterocycles. The molecule has 0 bridgehead atoms. The zero-order valence-corrected chi connectivity index (χ0v) is 22.7. The number of likely N-dealkylation sites (N-methyl/N-ethyl adjacent to an activating group) is 1. The van der Waals surface area contributed by atoms with Crippen molar-refractivity contribution in [1.82, 2.24) is 25.0 Å². The highest BCUT2D eigenvalue weighted by Gasteiger charge is 2.48. The van der Waals surface area contributed by atoms with Gasteiger partial charge in [-0.3, -0.25) is 15.2 Å². The first-order chi connectivity index (χ1) is 17.8. The molecule has 3 aliphatic heterocycles. The van der Waals surface area contributed by atoms with E-state index in [4.69, 9.17) is 4.99 Å². The van der Waals surface area contributed by atoms with Crippen LogP contribution < -0.4 is 10.7 Å². The molecule has 2 saturated heterocycles. The van der Waals surface area contributed by atoms with Gasteiger partial charge in [-0.25, -0.2) is 13.4 Å². The smallest absolute Gasteiger partial charge is 0.253 e. The Kier molecular flexibility index (Phi) is 8.11. The number of amides is 1. The molecule has 1 amide bonds. The summed E-state index contributed by atoms with van der Waals surface area (Å²) in [5.74, 6) is 1.13. The predicted octanol–water partition coefficient (Wildman–Crippen LogP) is 2.18. The average molecular weight is 529 g/mol. The Morgan fingerprint density at radius 2 is 1.70 bits per heavy atom. The number of hydrazine groups is 1. The van der Waals surface area contributed by atoms with Gasteiger partial charge in [0.2, 0.25) is 10.0 Å². The van der Waals surface area contributed by atoms with Crippen LogP contribution in [-0.2, 0) is 21.4 Å². The van der Waals surface area contributed by atoms with Crippen molar-refractivity contribution in [3.05, 3.63) is 40.8 Å². The van der Waals surface area contributed by atoms with Crippen molar-refractivity contribution >= 4 is 27.8 Å². The zero-order chi connectivity index (χ0) is 25.9. The van der Waals surface area contributed by atoms with E-state index in [1.165, 1.54) is 29.0 Å². The highest BCUT2D eigenvalue weighted by Crippen LogP contribution is 2.35. The van der Waals surface area contributed by atoms with Crippen molar-refractivity contribution in [2.45, 2.75) is 57.0 Å². The number of carbonyl (C=O) groups is 1. The molecule has 1 aromatic carbocycles. The van der Waals surface area contributed by atoms with Crippen LogP contribution in [0.1, 0.15) is 56.1 Å². The summed E-state index contributed by atoms with van der Waals surface area (Å²) in [6.07, 6.45) is 8.28. The van der Waals surface area contributed by atoms with Gasteiger partial charge in [0.1, 0.15) is 11.4 Å². The van der Waals surface area contributed by atoms with Gasteiger partial charge in [-0.15, -0.1) is 0 Å². The first-order valence-corrected chi connectivity index (χ1v) is 15.2. The molecule has 202 valence electrons. The zero-order valence-electron chi connectivity index (χ0n) is 21.9. The number of amidine groups is 1. The summed E-state index contributed by atoms with van der Waals surface area (Å²) in [6, 6.07) is 7.95.